The lowest BCUT2D eigenvalue weighted by Gasteiger charge is -2.35. The van der Waals surface area contributed by atoms with E-state index in [4.69, 9.17) is 4.42 Å². The number of hydrogen-bond acceptors (Lipinski definition) is 4. The maximum Gasteiger partial charge on any atom is 0.289 e. The number of piperidine rings is 1. The van der Waals surface area contributed by atoms with E-state index in [2.05, 4.69) is 10.4 Å². The lowest BCUT2D eigenvalue weighted by Crippen LogP contribution is -2.45. The minimum atomic E-state index is -0.130. The van der Waals surface area contributed by atoms with Crippen molar-refractivity contribution in [1.29, 1.82) is 0 Å². The van der Waals surface area contributed by atoms with E-state index in [1.165, 1.54) is 6.92 Å². The fraction of sp³-hybridized carbons (Fsp3) is 0.500. The van der Waals surface area contributed by atoms with E-state index in [0.29, 0.717) is 24.6 Å². The van der Waals surface area contributed by atoms with E-state index in [0.717, 1.165) is 31.4 Å². The van der Waals surface area contributed by atoms with Gasteiger partial charge in [-0.15, -0.1) is 0 Å². The van der Waals surface area contributed by atoms with Crippen molar-refractivity contribution < 1.29 is 14.0 Å². The maximum atomic E-state index is 12.9. The maximum absolute atomic E-state index is 12.9. The molecule has 0 bridgehead atoms. The van der Waals surface area contributed by atoms with Gasteiger partial charge in [0, 0.05) is 19.7 Å². The van der Waals surface area contributed by atoms with Crippen molar-refractivity contribution >= 4 is 11.8 Å². The molecule has 0 unspecified atom stereocenters. The Kier molecular flexibility index (Phi) is 5.21. The second kappa shape index (κ2) is 7.55. The normalized spacial score (nSPS) is 17.5. The fourth-order valence-electron chi connectivity index (χ4n) is 3.18. The molecule has 0 aliphatic carbocycles. The van der Waals surface area contributed by atoms with E-state index < -0.39 is 0 Å². The van der Waals surface area contributed by atoms with Crippen LogP contribution in [0.5, 0.6) is 0 Å². The molecule has 0 saturated carbocycles. The molecule has 0 radical (unpaired) electrons. The summed E-state index contributed by atoms with van der Waals surface area (Å²) in [4.78, 5) is 25.7. The molecular formula is C18H24N4O3. The van der Waals surface area contributed by atoms with Crippen LogP contribution in [0.2, 0.25) is 0 Å². The van der Waals surface area contributed by atoms with Crippen molar-refractivity contribution in [3.63, 3.8) is 0 Å². The highest BCUT2D eigenvalue weighted by atomic mass is 16.4. The average molecular weight is 344 g/mol. The number of rotatable bonds is 5. The van der Waals surface area contributed by atoms with Crippen LogP contribution in [0, 0.1) is 6.92 Å². The predicted octanol–water partition coefficient (Wildman–Crippen LogP) is 2.12. The second-order valence-corrected chi connectivity index (χ2v) is 6.56. The number of carbonyl (C=O) groups excluding carboxylic acids is 2. The minimum Gasteiger partial charge on any atom is -0.454 e. The molecule has 7 heteroatoms. The molecule has 1 fully saturated rings. The Morgan fingerprint density at radius 3 is 2.92 bits per heavy atom. The number of hydrogen-bond donors (Lipinski definition) is 1. The van der Waals surface area contributed by atoms with E-state index in [-0.39, 0.29) is 17.9 Å². The molecule has 2 amide bonds. The van der Waals surface area contributed by atoms with Crippen LogP contribution in [0.3, 0.4) is 0 Å². The van der Waals surface area contributed by atoms with Gasteiger partial charge in [-0.1, -0.05) is 0 Å². The molecule has 25 heavy (non-hydrogen) atoms. The first-order chi connectivity index (χ1) is 12.0. The highest BCUT2D eigenvalue weighted by Gasteiger charge is 2.29. The third-order valence-electron chi connectivity index (χ3n) is 4.43. The summed E-state index contributed by atoms with van der Waals surface area (Å²) in [6, 6.07) is 3.53. The number of nitrogens with one attached hydrogen (secondary N) is 1. The summed E-state index contributed by atoms with van der Waals surface area (Å²) in [6.07, 6.45) is 6.90. The smallest absolute Gasteiger partial charge is 0.289 e. The molecule has 0 aromatic carbocycles. The lowest BCUT2D eigenvalue weighted by molar-refractivity contribution is -0.119. The number of amides is 2. The number of furan rings is 1. The Balaban J connectivity index is 1.69. The predicted molar refractivity (Wildman–Crippen MR) is 91.9 cm³/mol. The number of likely N-dealkylation sites (tertiary alicyclic amines) is 1. The quantitative estimate of drug-likeness (QED) is 0.901. The summed E-state index contributed by atoms with van der Waals surface area (Å²) >= 11 is 0. The number of aromatic nitrogens is 2. The van der Waals surface area contributed by atoms with Gasteiger partial charge in [0.1, 0.15) is 5.76 Å². The average Bonchev–Trinajstić information content (AvgIpc) is 3.22. The Hall–Kier alpha value is -2.57. The zero-order valence-electron chi connectivity index (χ0n) is 14.7. The summed E-state index contributed by atoms with van der Waals surface area (Å²) in [7, 11) is 0. The van der Waals surface area contributed by atoms with Crippen LogP contribution in [0.1, 0.15) is 48.1 Å². The Morgan fingerprint density at radius 1 is 1.36 bits per heavy atom. The zero-order valence-corrected chi connectivity index (χ0v) is 14.7. The van der Waals surface area contributed by atoms with Gasteiger partial charge in [-0.25, -0.2) is 0 Å². The molecule has 7 nitrogen and oxygen atoms in total. The molecule has 0 spiro atoms. The summed E-state index contributed by atoms with van der Waals surface area (Å²) in [5, 5.41) is 7.00. The van der Waals surface area contributed by atoms with Crippen molar-refractivity contribution in [3.8, 4) is 0 Å². The van der Waals surface area contributed by atoms with Crippen molar-refractivity contribution in [1.82, 2.24) is 20.0 Å². The molecule has 1 atom stereocenters. The van der Waals surface area contributed by atoms with Gasteiger partial charge in [-0.2, -0.15) is 5.10 Å². The van der Waals surface area contributed by atoms with Crippen LogP contribution in [-0.2, 0) is 17.9 Å². The topological polar surface area (TPSA) is 80.4 Å². The molecule has 2 aromatic rings. The summed E-state index contributed by atoms with van der Waals surface area (Å²) in [5.74, 6) is 0.677. The molecule has 3 heterocycles. The van der Waals surface area contributed by atoms with Crippen molar-refractivity contribution in [2.45, 2.75) is 52.2 Å². The summed E-state index contributed by atoms with van der Waals surface area (Å²) in [6.45, 7) is 5.17. The first kappa shape index (κ1) is 17.3. The third-order valence-corrected chi connectivity index (χ3v) is 4.43. The van der Waals surface area contributed by atoms with Crippen LogP contribution < -0.4 is 5.32 Å². The molecule has 1 saturated heterocycles. The summed E-state index contributed by atoms with van der Waals surface area (Å²) in [5.41, 5.74) is 1.11. The van der Waals surface area contributed by atoms with Crippen LogP contribution in [0.4, 0.5) is 0 Å². The van der Waals surface area contributed by atoms with E-state index in [1.54, 1.807) is 12.1 Å². The molecule has 3 rings (SSSR count). The van der Waals surface area contributed by atoms with Crippen molar-refractivity contribution in [3.05, 3.63) is 41.6 Å². The van der Waals surface area contributed by atoms with Crippen LogP contribution in [0.15, 0.2) is 28.9 Å². The number of aryl methyl sites for hydroxylation is 1. The number of nitrogens with zero attached hydrogens (tertiary/aromatic N) is 3. The number of carbonyl (C=O) groups is 2. The molecule has 1 aliphatic rings. The monoisotopic (exact) mass is 344 g/mol. The zero-order chi connectivity index (χ0) is 17.8. The van der Waals surface area contributed by atoms with E-state index in [9.17, 15) is 9.59 Å². The standard InChI is InChI=1S/C18H24N4O3/c1-13-9-20-21(11-13)12-15-5-3-4-8-22(15)18(24)17-7-6-16(25-17)10-19-14(2)23/h6-7,9,11,15H,3-5,8,10,12H2,1-2H3,(H,19,23)/t15-/m1/s1. The molecule has 1 N–H and O–H groups in total. The van der Waals surface area contributed by atoms with Gasteiger partial charge in [0.15, 0.2) is 5.76 Å². The SMILES string of the molecule is CC(=O)NCc1ccc(C(=O)N2CCCC[C@@H]2Cn2cc(C)cn2)o1. The highest BCUT2D eigenvalue weighted by molar-refractivity contribution is 5.91. The van der Waals surface area contributed by atoms with Crippen LogP contribution in [-0.4, -0.2) is 39.1 Å². The largest absolute Gasteiger partial charge is 0.454 e. The van der Waals surface area contributed by atoms with Crippen molar-refractivity contribution in [2.75, 3.05) is 6.54 Å². The molecule has 2 aromatic heterocycles. The van der Waals surface area contributed by atoms with Gasteiger partial charge < -0.3 is 14.6 Å². The summed E-state index contributed by atoms with van der Waals surface area (Å²) < 4.78 is 7.52. The first-order valence-corrected chi connectivity index (χ1v) is 8.66. The molecular weight excluding hydrogens is 320 g/mol. The Labute approximate surface area is 147 Å². The van der Waals surface area contributed by atoms with E-state index >= 15 is 0 Å². The van der Waals surface area contributed by atoms with E-state index in [1.807, 2.05) is 28.9 Å². The van der Waals surface area contributed by atoms with Gasteiger partial charge in [0.05, 0.1) is 25.3 Å². The lowest BCUT2D eigenvalue weighted by atomic mass is 10.0. The third kappa shape index (κ3) is 4.29. The van der Waals surface area contributed by atoms with Gasteiger partial charge in [0.25, 0.3) is 5.91 Å². The molecule has 134 valence electrons. The van der Waals surface area contributed by atoms with Gasteiger partial charge in [-0.05, 0) is 43.9 Å². The van der Waals surface area contributed by atoms with Gasteiger partial charge >= 0.3 is 0 Å². The molecule has 1 aliphatic heterocycles. The fourth-order valence-corrected chi connectivity index (χ4v) is 3.18. The van der Waals surface area contributed by atoms with Gasteiger partial charge in [-0.3, -0.25) is 14.3 Å². The first-order valence-electron chi connectivity index (χ1n) is 8.66. The van der Waals surface area contributed by atoms with Crippen LogP contribution in [0.25, 0.3) is 0 Å². The Morgan fingerprint density at radius 2 is 2.20 bits per heavy atom. The van der Waals surface area contributed by atoms with Gasteiger partial charge in [0.2, 0.25) is 5.91 Å². The van der Waals surface area contributed by atoms with Crippen LogP contribution >= 0.6 is 0 Å². The van der Waals surface area contributed by atoms with Crippen molar-refractivity contribution in [2.24, 2.45) is 0 Å². The Bertz CT molecular complexity index is 749. The highest BCUT2D eigenvalue weighted by Crippen LogP contribution is 2.22. The minimum absolute atomic E-state index is 0.0948. The second-order valence-electron chi connectivity index (χ2n) is 6.56.